The van der Waals surface area contributed by atoms with Crippen LogP contribution < -0.4 is 5.56 Å². The Balaban J connectivity index is 2.19. The SMILES string of the molecule is C=CCn1c(SC(C)C(=O)OC)nc2sc(-c3ccccc3)c(C)c2c1=O. The van der Waals surface area contributed by atoms with Crippen LogP contribution in [0.1, 0.15) is 12.5 Å². The number of carbonyl (C=O) groups is 1. The van der Waals surface area contributed by atoms with E-state index in [1.807, 2.05) is 37.3 Å². The average Bonchev–Trinajstić information content (AvgIpc) is 3.01. The predicted octanol–water partition coefficient (Wildman–Crippen LogP) is 4.27. The fourth-order valence-electron chi connectivity index (χ4n) is 2.82. The molecule has 0 bridgehead atoms. The number of rotatable bonds is 6. The van der Waals surface area contributed by atoms with Gasteiger partial charge in [0.25, 0.3) is 5.56 Å². The van der Waals surface area contributed by atoms with E-state index in [9.17, 15) is 9.59 Å². The molecule has 0 saturated heterocycles. The average molecular weight is 401 g/mol. The van der Waals surface area contributed by atoms with Crippen molar-refractivity contribution in [2.45, 2.75) is 30.8 Å². The molecule has 0 aliphatic rings. The van der Waals surface area contributed by atoms with Crippen molar-refractivity contribution in [1.82, 2.24) is 9.55 Å². The fourth-order valence-corrected chi connectivity index (χ4v) is 4.99. The first-order valence-electron chi connectivity index (χ1n) is 8.42. The van der Waals surface area contributed by atoms with Crippen molar-refractivity contribution in [3.63, 3.8) is 0 Å². The summed E-state index contributed by atoms with van der Waals surface area (Å²) in [6, 6.07) is 9.96. The van der Waals surface area contributed by atoms with E-state index in [1.165, 1.54) is 30.2 Å². The monoisotopic (exact) mass is 400 g/mol. The molecule has 0 aliphatic carbocycles. The van der Waals surface area contributed by atoms with E-state index in [2.05, 4.69) is 6.58 Å². The van der Waals surface area contributed by atoms with E-state index < -0.39 is 5.25 Å². The van der Waals surface area contributed by atoms with Gasteiger partial charge < -0.3 is 4.74 Å². The van der Waals surface area contributed by atoms with Crippen LogP contribution in [0.25, 0.3) is 20.7 Å². The zero-order valence-corrected chi connectivity index (χ0v) is 17.0. The number of aromatic nitrogens is 2. The third-order valence-electron chi connectivity index (χ3n) is 4.18. The Morgan fingerprint density at radius 2 is 2.11 bits per heavy atom. The highest BCUT2D eigenvalue weighted by atomic mass is 32.2. The largest absolute Gasteiger partial charge is 0.468 e. The number of esters is 1. The van der Waals surface area contributed by atoms with Crippen LogP contribution >= 0.6 is 23.1 Å². The minimum absolute atomic E-state index is 0.115. The second-order valence-electron chi connectivity index (χ2n) is 5.98. The van der Waals surface area contributed by atoms with Crippen molar-refractivity contribution in [3.8, 4) is 10.4 Å². The lowest BCUT2D eigenvalue weighted by Crippen LogP contribution is -2.24. The highest BCUT2D eigenvalue weighted by molar-refractivity contribution is 8.00. The van der Waals surface area contributed by atoms with Gasteiger partial charge in [0.05, 0.1) is 12.5 Å². The number of hydrogen-bond donors (Lipinski definition) is 0. The van der Waals surface area contributed by atoms with Crippen molar-refractivity contribution in [1.29, 1.82) is 0 Å². The molecule has 0 saturated carbocycles. The standard InChI is InChI=1S/C20H20N2O3S2/c1-5-11-22-18(23)15-12(2)16(14-9-7-6-8-10-14)27-17(15)21-20(22)26-13(3)19(24)25-4/h5-10,13H,1,11H2,2-4H3. The normalized spacial score (nSPS) is 12.1. The van der Waals surface area contributed by atoms with Gasteiger partial charge >= 0.3 is 5.97 Å². The third-order valence-corrected chi connectivity index (χ3v) is 6.48. The fraction of sp³-hybridized carbons (Fsp3) is 0.250. The predicted molar refractivity (Wildman–Crippen MR) is 112 cm³/mol. The van der Waals surface area contributed by atoms with Crippen molar-refractivity contribution < 1.29 is 9.53 Å². The number of ether oxygens (including phenoxy) is 1. The highest BCUT2D eigenvalue weighted by Gasteiger charge is 2.22. The topological polar surface area (TPSA) is 61.2 Å². The summed E-state index contributed by atoms with van der Waals surface area (Å²) in [5.74, 6) is -0.355. The lowest BCUT2D eigenvalue weighted by atomic mass is 10.1. The molecule has 0 N–H and O–H groups in total. The maximum Gasteiger partial charge on any atom is 0.318 e. The molecule has 3 rings (SSSR count). The van der Waals surface area contributed by atoms with Crippen LogP contribution in [0.15, 0.2) is 52.9 Å². The Hall–Kier alpha value is -2.38. The van der Waals surface area contributed by atoms with Crippen LogP contribution in [0.3, 0.4) is 0 Å². The van der Waals surface area contributed by atoms with Gasteiger partial charge in [0.15, 0.2) is 5.16 Å². The molecular formula is C20H20N2O3S2. The summed E-state index contributed by atoms with van der Waals surface area (Å²) in [5.41, 5.74) is 1.87. The minimum atomic E-state index is -0.468. The van der Waals surface area contributed by atoms with E-state index in [-0.39, 0.29) is 11.5 Å². The molecule has 1 aromatic carbocycles. The Morgan fingerprint density at radius 1 is 1.41 bits per heavy atom. The number of aryl methyl sites for hydroxylation is 1. The molecule has 27 heavy (non-hydrogen) atoms. The van der Waals surface area contributed by atoms with Crippen molar-refractivity contribution in [3.05, 3.63) is 58.9 Å². The number of benzene rings is 1. The van der Waals surface area contributed by atoms with Crippen LogP contribution in [0.2, 0.25) is 0 Å². The van der Waals surface area contributed by atoms with E-state index in [0.29, 0.717) is 21.9 Å². The lowest BCUT2D eigenvalue weighted by Gasteiger charge is -2.13. The first-order chi connectivity index (χ1) is 13.0. The summed E-state index contributed by atoms with van der Waals surface area (Å²) in [4.78, 5) is 31.4. The number of thioether (sulfide) groups is 1. The molecule has 0 amide bonds. The first-order valence-corrected chi connectivity index (χ1v) is 10.1. The van der Waals surface area contributed by atoms with Gasteiger partial charge in [-0.05, 0) is 25.0 Å². The second kappa shape index (κ2) is 8.10. The van der Waals surface area contributed by atoms with Gasteiger partial charge in [0.2, 0.25) is 0 Å². The molecule has 3 aromatic rings. The Kier molecular flexibility index (Phi) is 5.82. The van der Waals surface area contributed by atoms with Gasteiger partial charge in [-0.25, -0.2) is 4.98 Å². The van der Waals surface area contributed by atoms with Crippen LogP contribution in [0.5, 0.6) is 0 Å². The maximum absolute atomic E-state index is 13.2. The van der Waals surface area contributed by atoms with Crippen LogP contribution in [0.4, 0.5) is 0 Å². The van der Waals surface area contributed by atoms with E-state index >= 15 is 0 Å². The molecule has 7 heteroatoms. The summed E-state index contributed by atoms with van der Waals surface area (Å²) in [6.45, 7) is 7.75. The molecule has 0 fully saturated rings. The molecule has 1 unspecified atom stereocenters. The van der Waals surface area contributed by atoms with Crippen molar-refractivity contribution in [2.24, 2.45) is 0 Å². The van der Waals surface area contributed by atoms with Gasteiger partial charge in [-0.3, -0.25) is 14.2 Å². The third kappa shape index (κ3) is 3.70. The number of thiophene rings is 1. The molecule has 2 aromatic heterocycles. The molecular weight excluding hydrogens is 380 g/mol. The number of carbonyl (C=O) groups excluding carboxylic acids is 1. The summed E-state index contributed by atoms with van der Waals surface area (Å²) in [7, 11) is 1.35. The van der Waals surface area contributed by atoms with Gasteiger partial charge in [0.1, 0.15) is 10.1 Å². The number of allylic oxidation sites excluding steroid dienone is 1. The number of methoxy groups -OCH3 is 1. The van der Waals surface area contributed by atoms with E-state index in [4.69, 9.17) is 9.72 Å². The Morgan fingerprint density at radius 3 is 2.74 bits per heavy atom. The molecule has 0 spiro atoms. The summed E-state index contributed by atoms with van der Waals surface area (Å²) >= 11 is 2.71. The lowest BCUT2D eigenvalue weighted by molar-refractivity contribution is -0.139. The zero-order chi connectivity index (χ0) is 19.6. The van der Waals surface area contributed by atoms with Crippen LogP contribution in [0, 0.1) is 6.92 Å². The van der Waals surface area contributed by atoms with Crippen LogP contribution in [-0.2, 0) is 16.1 Å². The molecule has 2 heterocycles. The van der Waals surface area contributed by atoms with Crippen molar-refractivity contribution >= 4 is 39.3 Å². The van der Waals surface area contributed by atoms with Crippen molar-refractivity contribution in [2.75, 3.05) is 7.11 Å². The summed E-state index contributed by atoms with van der Waals surface area (Å²) in [5, 5.41) is 0.645. The number of fused-ring (bicyclic) bond motifs is 1. The zero-order valence-electron chi connectivity index (χ0n) is 15.4. The van der Waals surface area contributed by atoms with Gasteiger partial charge in [0, 0.05) is 11.4 Å². The minimum Gasteiger partial charge on any atom is -0.468 e. The van der Waals surface area contributed by atoms with E-state index in [0.717, 1.165) is 16.0 Å². The molecule has 0 aliphatic heterocycles. The smallest absolute Gasteiger partial charge is 0.318 e. The van der Waals surface area contributed by atoms with E-state index in [1.54, 1.807) is 17.6 Å². The molecule has 5 nitrogen and oxygen atoms in total. The van der Waals surface area contributed by atoms with Gasteiger partial charge in [-0.15, -0.1) is 17.9 Å². The second-order valence-corrected chi connectivity index (χ2v) is 8.29. The number of nitrogens with zero attached hydrogens (tertiary/aromatic N) is 2. The van der Waals surface area contributed by atoms with Gasteiger partial charge in [-0.2, -0.15) is 0 Å². The number of hydrogen-bond acceptors (Lipinski definition) is 6. The summed E-state index contributed by atoms with van der Waals surface area (Å²) < 4.78 is 6.35. The Labute approximate surface area is 165 Å². The van der Waals surface area contributed by atoms with Gasteiger partial charge in [-0.1, -0.05) is 48.2 Å². The molecule has 140 valence electrons. The molecule has 0 radical (unpaired) electrons. The Bertz CT molecular complexity index is 1050. The maximum atomic E-state index is 13.2. The summed E-state index contributed by atoms with van der Waals surface area (Å²) in [6.07, 6.45) is 1.65. The molecule has 1 atom stereocenters. The van der Waals surface area contributed by atoms with Crippen LogP contribution in [-0.4, -0.2) is 27.9 Å². The highest BCUT2D eigenvalue weighted by Crippen LogP contribution is 2.36. The quantitative estimate of drug-likeness (QED) is 0.268. The first kappa shape index (κ1) is 19.4.